The van der Waals surface area contributed by atoms with Gasteiger partial charge in [0.15, 0.2) is 0 Å². The molecule has 1 aromatic heterocycles. The third kappa shape index (κ3) is 1.35. The van der Waals surface area contributed by atoms with Crippen LogP contribution >= 0.6 is 0 Å². The lowest BCUT2D eigenvalue weighted by molar-refractivity contribution is -0.143. The van der Waals surface area contributed by atoms with Crippen molar-refractivity contribution >= 4 is 5.97 Å². The predicted octanol–water partition coefficient (Wildman–Crippen LogP) is 1.95. The van der Waals surface area contributed by atoms with E-state index in [1.165, 1.54) is 0 Å². The van der Waals surface area contributed by atoms with E-state index >= 15 is 0 Å². The van der Waals surface area contributed by atoms with Crippen LogP contribution in [0.5, 0.6) is 0 Å². The standard InChI is InChI=1S/C9H12O3/c1-6-4-7(12-5-6)9(2,3)8(10)11/h4-5H,1-3H3,(H,10,11). The Morgan fingerprint density at radius 1 is 1.58 bits per heavy atom. The maximum absolute atomic E-state index is 10.8. The van der Waals surface area contributed by atoms with E-state index in [4.69, 9.17) is 9.52 Å². The number of furan rings is 1. The number of carboxylic acids is 1. The first-order valence-electron chi connectivity index (χ1n) is 3.73. The van der Waals surface area contributed by atoms with Crippen molar-refractivity contribution in [3.05, 3.63) is 23.7 Å². The molecule has 3 nitrogen and oxygen atoms in total. The molecular formula is C9H12O3. The van der Waals surface area contributed by atoms with Crippen LogP contribution in [0.1, 0.15) is 25.2 Å². The largest absolute Gasteiger partial charge is 0.481 e. The van der Waals surface area contributed by atoms with Crippen molar-refractivity contribution < 1.29 is 14.3 Å². The van der Waals surface area contributed by atoms with Gasteiger partial charge in [-0.05, 0) is 32.4 Å². The molecule has 12 heavy (non-hydrogen) atoms. The van der Waals surface area contributed by atoms with Gasteiger partial charge in [-0.15, -0.1) is 0 Å². The van der Waals surface area contributed by atoms with Crippen LogP contribution < -0.4 is 0 Å². The lowest BCUT2D eigenvalue weighted by Crippen LogP contribution is -2.27. The number of hydrogen-bond acceptors (Lipinski definition) is 2. The number of rotatable bonds is 2. The lowest BCUT2D eigenvalue weighted by Gasteiger charge is -2.14. The molecule has 0 fully saturated rings. The smallest absolute Gasteiger partial charge is 0.316 e. The topological polar surface area (TPSA) is 50.4 Å². The van der Waals surface area contributed by atoms with Crippen LogP contribution in [0.25, 0.3) is 0 Å². The molecule has 0 atom stereocenters. The first kappa shape index (κ1) is 8.84. The number of carboxylic acid groups (broad SMARTS) is 1. The average molecular weight is 168 g/mol. The van der Waals surface area contributed by atoms with E-state index in [2.05, 4.69) is 0 Å². The van der Waals surface area contributed by atoms with Gasteiger partial charge in [-0.25, -0.2) is 0 Å². The fourth-order valence-electron chi connectivity index (χ4n) is 0.864. The van der Waals surface area contributed by atoms with Crippen molar-refractivity contribution in [1.82, 2.24) is 0 Å². The number of carbonyl (C=O) groups is 1. The first-order valence-corrected chi connectivity index (χ1v) is 3.73. The van der Waals surface area contributed by atoms with Gasteiger partial charge < -0.3 is 9.52 Å². The Morgan fingerprint density at radius 2 is 2.17 bits per heavy atom. The van der Waals surface area contributed by atoms with Crippen molar-refractivity contribution in [3.63, 3.8) is 0 Å². The quantitative estimate of drug-likeness (QED) is 0.734. The summed E-state index contributed by atoms with van der Waals surface area (Å²) in [6.07, 6.45) is 1.56. The molecule has 0 aliphatic heterocycles. The molecule has 0 radical (unpaired) electrons. The zero-order chi connectivity index (χ0) is 9.35. The van der Waals surface area contributed by atoms with Gasteiger partial charge in [0.05, 0.1) is 6.26 Å². The van der Waals surface area contributed by atoms with Gasteiger partial charge in [0.25, 0.3) is 0 Å². The van der Waals surface area contributed by atoms with E-state index in [9.17, 15) is 4.79 Å². The van der Waals surface area contributed by atoms with E-state index < -0.39 is 11.4 Å². The van der Waals surface area contributed by atoms with Gasteiger partial charge in [0, 0.05) is 0 Å². The summed E-state index contributed by atoms with van der Waals surface area (Å²) in [6, 6.07) is 1.74. The third-order valence-electron chi connectivity index (χ3n) is 1.88. The molecule has 0 bridgehead atoms. The number of aryl methyl sites for hydroxylation is 1. The Labute approximate surface area is 71.0 Å². The first-order chi connectivity index (χ1) is 5.44. The molecule has 1 aromatic rings. The zero-order valence-corrected chi connectivity index (χ0v) is 7.42. The predicted molar refractivity (Wildman–Crippen MR) is 44.1 cm³/mol. The highest BCUT2D eigenvalue weighted by Crippen LogP contribution is 2.24. The minimum absolute atomic E-state index is 0.493. The van der Waals surface area contributed by atoms with Gasteiger partial charge in [0.1, 0.15) is 11.2 Å². The molecule has 0 aliphatic carbocycles. The van der Waals surface area contributed by atoms with Crippen LogP contribution in [-0.4, -0.2) is 11.1 Å². The van der Waals surface area contributed by atoms with E-state index in [1.807, 2.05) is 6.92 Å². The molecule has 0 amide bonds. The maximum atomic E-state index is 10.8. The highest BCUT2D eigenvalue weighted by atomic mass is 16.4. The van der Waals surface area contributed by atoms with Crippen molar-refractivity contribution in [3.8, 4) is 0 Å². The van der Waals surface area contributed by atoms with Gasteiger partial charge in [-0.2, -0.15) is 0 Å². The highest BCUT2D eigenvalue weighted by molar-refractivity contribution is 5.79. The summed E-state index contributed by atoms with van der Waals surface area (Å²) in [5, 5.41) is 8.84. The van der Waals surface area contributed by atoms with Crippen LogP contribution in [0.15, 0.2) is 16.7 Å². The van der Waals surface area contributed by atoms with Crippen LogP contribution in [-0.2, 0) is 10.2 Å². The van der Waals surface area contributed by atoms with Crippen molar-refractivity contribution in [2.45, 2.75) is 26.2 Å². The van der Waals surface area contributed by atoms with E-state index in [-0.39, 0.29) is 0 Å². The van der Waals surface area contributed by atoms with Crippen LogP contribution in [0.3, 0.4) is 0 Å². The van der Waals surface area contributed by atoms with Crippen molar-refractivity contribution in [2.75, 3.05) is 0 Å². The van der Waals surface area contributed by atoms with Gasteiger partial charge in [0.2, 0.25) is 0 Å². The second kappa shape index (κ2) is 2.66. The SMILES string of the molecule is Cc1coc(C(C)(C)C(=O)O)c1. The summed E-state index contributed by atoms with van der Waals surface area (Å²) in [7, 11) is 0. The zero-order valence-electron chi connectivity index (χ0n) is 7.42. The summed E-state index contributed by atoms with van der Waals surface area (Å²) in [4.78, 5) is 10.8. The Balaban J connectivity index is 3.05. The second-order valence-electron chi connectivity index (χ2n) is 3.42. The molecule has 1 rings (SSSR count). The number of aliphatic carboxylic acids is 1. The summed E-state index contributed by atoms with van der Waals surface area (Å²) in [5.74, 6) is -0.385. The minimum atomic E-state index is -0.936. The van der Waals surface area contributed by atoms with Gasteiger partial charge in [-0.3, -0.25) is 4.79 Å². The molecular weight excluding hydrogens is 156 g/mol. The molecule has 0 aromatic carbocycles. The average Bonchev–Trinajstić information content (AvgIpc) is 2.35. The molecule has 1 heterocycles. The normalized spacial score (nSPS) is 11.6. The van der Waals surface area contributed by atoms with Crippen molar-refractivity contribution in [1.29, 1.82) is 0 Å². The Hall–Kier alpha value is -1.25. The van der Waals surface area contributed by atoms with Crippen LogP contribution in [0.4, 0.5) is 0 Å². The fraction of sp³-hybridized carbons (Fsp3) is 0.444. The summed E-state index contributed by atoms with van der Waals surface area (Å²) in [6.45, 7) is 5.10. The van der Waals surface area contributed by atoms with E-state index in [1.54, 1.807) is 26.2 Å². The van der Waals surface area contributed by atoms with Gasteiger partial charge in [-0.1, -0.05) is 0 Å². The Bertz CT molecular complexity index is 296. The molecule has 1 N–H and O–H groups in total. The maximum Gasteiger partial charge on any atom is 0.316 e. The van der Waals surface area contributed by atoms with E-state index in [0.29, 0.717) is 5.76 Å². The van der Waals surface area contributed by atoms with E-state index in [0.717, 1.165) is 5.56 Å². The molecule has 0 saturated carbocycles. The van der Waals surface area contributed by atoms with Gasteiger partial charge >= 0.3 is 5.97 Å². The highest BCUT2D eigenvalue weighted by Gasteiger charge is 2.32. The fourth-order valence-corrected chi connectivity index (χ4v) is 0.864. The minimum Gasteiger partial charge on any atom is -0.481 e. The van der Waals surface area contributed by atoms with Crippen molar-refractivity contribution in [2.24, 2.45) is 0 Å². The molecule has 0 spiro atoms. The molecule has 0 unspecified atom stereocenters. The second-order valence-corrected chi connectivity index (χ2v) is 3.42. The summed E-state index contributed by atoms with van der Waals surface area (Å²) >= 11 is 0. The Morgan fingerprint density at radius 3 is 2.50 bits per heavy atom. The number of hydrogen-bond donors (Lipinski definition) is 1. The molecule has 66 valence electrons. The lowest BCUT2D eigenvalue weighted by atomic mass is 9.90. The molecule has 0 aliphatic rings. The third-order valence-corrected chi connectivity index (χ3v) is 1.88. The monoisotopic (exact) mass is 168 g/mol. The van der Waals surface area contributed by atoms with Crippen LogP contribution in [0, 0.1) is 6.92 Å². The summed E-state index contributed by atoms with van der Waals surface area (Å²) in [5.41, 5.74) is 0.00757. The Kier molecular flexibility index (Phi) is 1.96. The summed E-state index contributed by atoms with van der Waals surface area (Å²) < 4.78 is 5.11. The molecule has 3 heteroatoms. The van der Waals surface area contributed by atoms with Crippen LogP contribution in [0.2, 0.25) is 0 Å². The molecule has 0 saturated heterocycles.